The van der Waals surface area contributed by atoms with E-state index in [4.69, 9.17) is 4.74 Å². The fourth-order valence-corrected chi connectivity index (χ4v) is 4.42. The van der Waals surface area contributed by atoms with Gasteiger partial charge in [0.1, 0.15) is 11.6 Å². The summed E-state index contributed by atoms with van der Waals surface area (Å²) >= 11 is 0. The third-order valence-corrected chi connectivity index (χ3v) is 5.89. The minimum Gasteiger partial charge on any atom is -0.496 e. The van der Waals surface area contributed by atoms with E-state index in [0.717, 1.165) is 11.3 Å². The molecule has 2 N–H and O–H groups in total. The van der Waals surface area contributed by atoms with Crippen molar-refractivity contribution < 1.29 is 17.9 Å². The minimum atomic E-state index is -3.04. The van der Waals surface area contributed by atoms with Crippen LogP contribution in [0.2, 0.25) is 0 Å². The molecule has 138 valence electrons. The Morgan fingerprint density at radius 2 is 2.04 bits per heavy atom. The Morgan fingerprint density at radius 3 is 2.69 bits per heavy atom. The number of methoxy groups -OCH3 is 1. The molecule has 0 bridgehead atoms. The van der Waals surface area contributed by atoms with E-state index in [9.17, 15) is 13.2 Å². The van der Waals surface area contributed by atoms with Crippen LogP contribution in [0.3, 0.4) is 0 Å². The van der Waals surface area contributed by atoms with Crippen molar-refractivity contribution in [2.75, 3.05) is 23.9 Å². The molecular formula is C17H20N4O4S. The summed E-state index contributed by atoms with van der Waals surface area (Å²) in [7, 11) is -1.43. The number of sulfone groups is 1. The van der Waals surface area contributed by atoms with E-state index in [1.165, 1.54) is 0 Å². The molecular weight excluding hydrogens is 356 g/mol. The van der Waals surface area contributed by atoms with Crippen LogP contribution in [0.1, 0.15) is 22.5 Å². The maximum absolute atomic E-state index is 12.1. The molecule has 1 unspecified atom stereocenters. The Labute approximate surface area is 151 Å². The molecule has 3 rings (SSSR count). The SMILES string of the molecule is COc1ccccc1CNc1ccc(C(=O)NC2CCS(=O)(=O)C2)nn1. The zero-order valence-corrected chi connectivity index (χ0v) is 15.1. The zero-order chi connectivity index (χ0) is 18.6. The van der Waals surface area contributed by atoms with Gasteiger partial charge in [-0.2, -0.15) is 0 Å². The molecule has 1 fully saturated rings. The molecule has 8 nitrogen and oxygen atoms in total. The van der Waals surface area contributed by atoms with Crippen molar-refractivity contribution in [3.8, 4) is 5.75 Å². The third kappa shape index (κ3) is 4.48. The number of carbonyl (C=O) groups is 1. The molecule has 0 radical (unpaired) electrons. The summed E-state index contributed by atoms with van der Waals surface area (Å²) in [6, 6.07) is 10.5. The van der Waals surface area contributed by atoms with Gasteiger partial charge < -0.3 is 15.4 Å². The second kappa shape index (κ2) is 7.69. The lowest BCUT2D eigenvalue weighted by Gasteiger charge is -2.11. The first kappa shape index (κ1) is 18.1. The average molecular weight is 376 g/mol. The van der Waals surface area contributed by atoms with Gasteiger partial charge in [-0.3, -0.25) is 4.79 Å². The number of amides is 1. The van der Waals surface area contributed by atoms with Crippen molar-refractivity contribution in [2.24, 2.45) is 0 Å². The van der Waals surface area contributed by atoms with Crippen LogP contribution in [0.25, 0.3) is 0 Å². The molecule has 1 amide bonds. The number of para-hydroxylation sites is 1. The van der Waals surface area contributed by atoms with E-state index in [2.05, 4.69) is 20.8 Å². The molecule has 0 aliphatic carbocycles. The predicted molar refractivity (Wildman–Crippen MR) is 96.9 cm³/mol. The fraction of sp³-hybridized carbons (Fsp3) is 0.353. The third-order valence-electron chi connectivity index (χ3n) is 4.12. The Balaban J connectivity index is 1.57. The molecule has 1 atom stereocenters. The first-order valence-electron chi connectivity index (χ1n) is 8.17. The van der Waals surface area contributed by atoms with Crippen LogP contribution >= 0.6 is 0 Å². The largest absolute Gasteiger partial charge is 0.496 e. The topological polar surface area (TPSA) is 110 Å². The molecule has 0 saturated carbocycles. The van der Waals surface area contributed by atoms with Crippen molar-refractivity contribution in [3.63, 3.8) is 0 Å². The van der Waals surface area contributed by atoms with Gasteiger partial charge in [-0.15, -0.1) is 10.2 Å². The van der Waals surface area contributed by atoms with Crippen LogP contribution in [0.15, 0.2) is 36.4 Å². The van der Waals surface area contributed by atoms with E-state index < -0.39 is 15.7 Å². The van der Waals surface area contributed by atoms with Crippen LogP contribution in [0, 0.1) is 0 Å². The monoisotopic (exact) mass is 376 g/mol. The summed E-state index contributed by atoms with van der Waals surface area (Å²) in [4.78, 5) is 12.1. The summed E-state index contributed by atoms with van der Waals surface area (Å²) in [5, 5.41) is 13.7. The van der Waals surface area contributed by atoms with Crippen molar-refractivity contribution in [3.05, 3.63) is 47.7 Å². The first-order valence-corrected chi connectivity index (χ1v) is 10.00. The van der Waals surface area contributed by atoms with Gasteiger partial charge in [-0.05, 0) is 24.6 Å². The maximum Gasteiger partial charge on any atom is 0.272 e. The number of rotatable bonds is 6. The van der Waals surface area contributed by atoms with Gasteiger partial charge >= 0.3 is 0 Å². The second-order valence-corrected chi connectivity index (χ2v) is 8.27. The van der Waals surface area contributed by atoms with Crippen molar-refractivity contribution in [1.29, 1.82) is 0 Å². The standard InChI is InChI=1S/C17H20N4O4S/c1-25-15-5-3-2-4-12(15)10-18-16-7-6-14(20-21-16)17(22)19-13-8-9-26(23,24)11-13/h2-7,13H,8-11H2,1H3,(H,18,21)(H,19,22). The summed E-state index contributed by atoms with van der Waals surface area (Å²) in [5.74, 6) is 0.961. The lowest BCUT2D eigenvalue weighted by molar-refractivity contribution is 0.0935. The van der Waals surface area contributed by atoms with Crippen LogP contribution in [0.4, 0.5) is 5.82 Å². The molecule has 1 aromatic carbocycles. The molecule has 1 aromatic heterocycles. The lowest BCUT2D eigenvalue weighted by atomic mass is 10.2. The van der Waals surface area contributed by atoms with Crippen LogP contribution < -0.4 is 15.4 Å². The minimum absolute atomic E-state index is 0.0231. The molecule has 1 saturated heterocycles. The Hall–Kier alpha value is -2.68. The Morgan fingerprint density at radius 1 is 1.23 bits per heavy atom. The van der Waals surface area contributed by atoms with Gasteiger partial charge in [-0.1, -0.05) is 18.2 Å². The Kier molecular flexibility index (Phi) is 5.36. The smallest absolute Gasteiger partial charge is 0.272 e. The maximum atomic E-state index is 12.1. The van der Waals surface area contributed by atoms with E-state index >= 15 is 0 Å². The summed E-state index contributed by atoms with van der Waals surface area (Å²) in [6.45, 7) is 0.504. The summed E-state index contributed by atoms with van der Waals surface area (Å²) < 4.78 is 28.2. The number of hydrogen-bond acceptors (Lipinski definition) is 7. The van der Waals surface area contributed by atoms with Gasteiger partial charge in [0.05, 0.1) is 18.6 Å². The van der Waals surface area contributed by atoms with Crippen LogP contribution in [-0.2, 0) is 16.4 Å². The highest BCUT2D eigenvalue weighted by Crippen LogP contribution is 2.18. The number of nitrogens with zero attached hydrogens (tertiary/aromatic N) is 2. The number of carbonyl (C=O) groups excluding carboxylic acids is 1. The molecule has 9 heteroatoms. The molecule has 2 aromatic rings. The molecule has 26 heavy (non-hydrogen) atoms. The highest BCUT2D eigenvalue weighted by atomic mass is 32.2. The van der Waals surface area contributed by atoms with Crippen LogP contribution in [0.5, 0.6) is 5.75 Å². The quantitative estimate of drug-likeness (QED) is 0.774. The number of nitrogens with one attached hydrogen (secondary N) is 2. The van der Waals surface area contributed by atoms with Crippen molar-refractivity contribution in [2.45, 2.75) is 19.0 Å². The Bertz CT molecular complexity index is 884. The normalized spacial score (nSPS) is 18.3. The van der Waals surface area contributed by atoms with Crippen molar-refractivity contribution >= 4 is 21.6 Å². The van der Waals surface area contributed by atoms with Crippen LogP contribution in [-0.4, -0.2) is 49.2 Å². The van der Waals surface area contributed by atoms with Gasteiger partial charge in [-0.25, -0.2) is 8.42 Å². The van der Waals surface area contributed by atoms with E-state index in [-0.39, 0.29) is 23.2 Å². The number of ether oxygens (including phenoxy) is 1. The number of hydrogen-bond donors (Lipinski definition) is 2. The van der Waals surface area contributed by atoms with E-state index in [0.29, 0.717) is 18.8 Å². The van der Waals surface area contributed by atoms with E-state index in [1.54, 1.807) is 19.2 Å². The molecule has 1 aliphatic rings. The van der Waals surface area contributed by atoms with E-state index in [1.807, 2.05) is 24.3 Å². The number of benzene rings is 1. The van der Waals surface area contributed by atoms with Gasteiger partial charge in [0.25, 0.3) is 5.91 Å². The first-order chi connectivity index (χ1) is 12.5. The van der Waals surface area contributed by atoms with Gasteiger partial charge in [0.15, 0.2) is 15.5 Å². The van der Waals surface area contributed by atoms with Gasteiger partial charge in [0, 0.05) is 18.2 Å². The van der Waals surface area contributed by atoms with Crippen molar-refractivity contribution in [1.82, 2.24) is 15.5 Å². The summed E-state index contributed by atoms with van der Waals surface area (Å²) in [5.41, 5.74) is 1.12. The highest BCUT2D eigenvalue weighted by molar-refractivity contribution is 7.91. The van der Waals surface area contributed by atoms with Gasteiger partial charge in [0.2, 0.25) is 0 Å². The molecule has 2 heterocycles. The molecule has 0 spiro atoms. The molecule has 1 aliphatic heterocycles. The second-order valence-electron chi connectivity index (χ2n) is 6.04. The fourth-order valence-electron chi connectivity index (χ4n) is 2.75. The number of anilines is 1. The zero-order valence-electron chi connectivity index (χ0n) is 14.3. The number of aromatic nitrogens is 2. The highest BCUT2D eigenvalue weighted by Gasteiger charge is 2.29. The lowest BCUT2D eigenvalue weighted by Crippen LogP contribution is -2.36. The predicted octanol–water partition coefficient (Wildman–Crippen LogP) is 1.01. The average Bonchev–Trinajstić information content (AvgIpc) is 2.99. The summed E-state index contributed by atoms with van der Waals surface area (Å²) in [6.07, 6.45) is 0.431.